The predicted molar refractivity (Wildman–Crippen MR) is 220 cm³/mol. The van der Waals surface area contributed by atoms with Crippen molar-refractivity contribution in [3.63, 3.8) is 0 Å². The Morgan fingerprint density at radius 2 is 1.48 bits per heavy atom. The molecule has 2 N–H and O–H groups in total. The van der Waals surface area contributed by atoms with Gasteiger partial charge in [-0.1, -0.05) is 115 Å². The Bertz CT molecular complexity index is 1200. The van der Waals surface area contributed by atoms with E-state index in [1.807, 2.05) is 18.2 Å². The summed E-state index contributed by atoms with van der Waals surface area (Å²) in [4.78, 5) is 24.6. The van der Waals surface area contributed by atoms with Crippen molar-refractivity contribution >= 4 is 23.5 Å². The van der Waals surface area contributed by atoms with E-state index in [4.69, 9.17) is 25.8 Å². The first-order valence-corrected chi connectivity index (χ1v) is 22.1. The van der Waals surface area contributed by atoms with Crippen LogP contribution in [0.5, 0.6) is 5.75 Å². The molecule has 3 rings (SSSR count). The van der Waals surface area contributed by atoms with E-state index in [0.29, 0.717) is 44.3 Å². The molecule has 1 aromatic rings. The Hall–Kier alpha value is -2.35. The molecule has 0 unspecified atom stereocenters. The van der Waals surface area contributed by atoms with Gasteiger partial charge in [0.1, 0.15) is 5.75 Å². The van der Waals surface area contributed by atoms with Gasteiger partial charge in [-0.15, -0.1) is 11.6 Å². The third kappa shape index (κ3) is 17.2. The minimum Gasteiger partial charge on any atom is -0.494 e. The van der Waals surface area contributed by atoms with Crippen molar-refractivity contribution in [3.05, 3.63) is 54.1 Å². The largest absolute Gasteiger partial charge is 0.494 e. The van der Waals surface area contributed by atoms with Gasteiger partial charge in [0.15, 0.2) is 0 Å². The SMILES string of the molecule is CCCCCCCCCCCCCCOc1ccc(C(=O)OCCCOC(=O)CCC/C=C/C[C@@H]2[C@@H](/C=C/C[C@H](O)C3(CC)CCC3)[C@H](O)C[C@H]2Cl)cc1. The molecule has 0 heterocycles. The van der Waals surface area contributed by atoms with Gasteiger partial charge in [-0.05, 0) is 93.4 Å². The Kier molecular flexibility index (Phi) is 23.3. The van der Waals surface area contributed by atoms with Crippen LogP contribution >= 0.6 is 11.6 Å². The van der Waals surface area contributed by atoms with Crippen LogP contribution in [0.15, 0.2) is 48.6 Å². The molecule has 0 aliphatic heterocycles. The second-order valence-corrected chi connectivity index (χ2v) is 16.4. The van der Waals surface area contributed by atoms with E-state index in [1.54, 1.807) is 12.1 Å². The van der Waals surface area contributed by atoms with Gasteiger partial charge in [0.05, 0.1) is 37.6 Å². The number of carbonyl (C=O) groups excluding carboxylic acids is 2. The lowest BCUT2D eigenvalue weighted by Crippen LogP contribution is -2.40. The first-order chi connectivity index (χ1) is 26.3. The highest BCUT2D eigenvalue weighted by molar-refractivity contribution is 6.21. The van der Waals surface area contributed by atoms with Crippen molar-refractivity contribution in [2.45, 2.75) is 179 Å². The number of benzene rings is 1. The Morgan fingerprint density at radius 3 is 2.11 bits per heavy atom. The second-order valence-electron chi connectivity index (χ2n) is 15.9. The third-order valence-corrected chi connectivity index (χ3v) is 12.3. The van der Waals surface area contributed by atoms with Crippen molar-refractivity contribution in [2.24, 2.45) is 17.3 Å². The maximum Gasteiger partial charge on any atom is 0.338 e. The van der Waals surface area contributed by atoms with Crippen molar-refractivity contribution in [1.29, 1.82) is 0 Å². The van der Waals surface area contributed by atoms with Crippen LogP contribution in [0.4, 0.5) is 0 Å². The summed E-state index contributed by atoms with van der Waals surface area (Å²) in [7, 11) is 0. The summed E-state index contributed by atoms with van der Waals surface area (Å²) in [6.07, 6.45) is 31.8. The monoisotopic (exact) mass is 773 g/mol. The normalized spacial score (nSPS) is 21.4. The van der Waals surface area contributed by atoms with Crippen LogP contribution in [0.1, 0.15) is 172 Å². The zero-order chi connectivity index (χ0) is 38.9. The minimum absolute atomic E-state index is 0.0172. The lowest BCUT2D eigenvalue weighted by atomic mass is 9.63. The molecule has 0 spiro atoms. The number of ether oxygens (including phenoxy) is 3. The molecular weight excluding hydrogens is 700 g/mol. The van der Waals surface area contributed by atoms with Crippen molar-refractivity contribution < 1.29 is 34.0 Å². The number of esters is 2. The molecule has 0 aromatic heterocycles. The fourth-order valence-corrected chi connectivity index (χ4v) is 8.41. The van der Waals surface area contributed by atoms with Crippen molar-refractivity contribution in [3.8, 4) is 5.75 Å². The van der Waals surface area contributed by atoms with Gasteiger partial charge in [0.25, 0.3) is 0 Å². The van der Waals surface area contributed by atoms with Crippen molar-refractivity contribution in [2.75, 3.05) is 19.8 Å². The number of hydrogen-bond acceptors (Lipinski definition) is 7. The molecule has 8 heteroatoms. The molecule has 2 fully saturated rings. The number of unbranched alkanes of at least 4 members (excludes halogenated alkanes) is 12. The standard InChI is InChI=1S/C46H73ClO7/c1-3-5-6-7-8-9-10-11-12-13-16-19-33-52-38-29-27-37(28-30-38)45(51)54-35-22-34-53-44(50)26-18-15-14-17-23-39-40(42(48)36-41(39)47)24-20-25-43(49)46(4-2)31-21-32-46/h14,17,20,24,27-30,39-43,48-49H,3-13,15-16,18-19,21-23,25-26,31-36H2,1-2H3/b17-14+,24-20+/t39-,40-,41-,42-,43+/m1/s1. The van der Waals surface area contributed by atoms with E-state index in [0.717, 1.165) is 44.3 Å². The number of aliphatic hydroxyl groups excluding tert-OH is 2. The molecule has 0 amide bonds. The number of allylic oxidation sites excluding steroid dienone is 2. The van der Waals surface area contributed by atoms with Crippen LogP contribution in [0, 0.1) is 17.3 Å². The van der Waals surface area contributed by atoms with Crippen LogP contribution in [0.2, 0.25) is 0 Å². The predicted octanol–water partition coefficient (Wildman–Crippen LogP) is 11.5. The van der Waals surface area contributed by atoms with Gasteiger partial charge >= 0.3 is 11.9 Å². The molecule has 7 nitrogen and oxygen atoms in total. The van der Waals surface area contributed by atoms with Gasteiger partial charge in [0, 0.05) is 24.1 Å². The van der Waals surface area contributed by atoms with E-state index in [-0.39, 0.29) is 47.9 Å². The maximum atomic E-state index is 12.4. The highest BCUT2D eigenvalue weighted by Crippen LogP contribution is 2.48. The zero-order valence-corrected chi connectivity index (χ0v) is 34.5. The number of alkyl halides is 1. The molecular formula is C46H73ClO7. The molecule has 5 atom stereocenters. The summed E-state index contributed by atoms with van der Waals surface area (Å²) in [6, 6.07) is 7.06. The molecule has 2 saturated carbocycles. The van der Waals surface area contributed by atoms with Crippen LogP contribution in [-0.2, 0) is 14.3 Å². The molecule has 1 aromatic carbocycles. The molecule has 0 radical (unpaired) electrons. The summed E-state index contributed by atoms with van der Waals surface area (Å²) >= 11 is 6.62. The number of aliphatic hydroxyl groups is 2. The summed E-state index contributed by atoms with van der Waals surface area (Å²) in [5.41, 5.74) is 0.548. The quantitative estimate of drug-likeness (QED) is 0.0347. The first kappa shape index (κ1) is 46.0. The summed E-state index contributed by atoms with van der Waals surface area (Å²) in [5.74, 6) is 0.223. The topological polar surface area (TPSA) is 102 Å². The summed E-state index contributed by atoms with van der Waals surface area (Å²) in [6.45, 7) is 5.50. The van der Waals surface area contributed by atoms with Crippen LogP contribution < -0.4 is 4.74 Å². The van der Waals surface area contributed by atoms with Gasteiger partial charge < -0.3 is 24.4 Å². The van der Waals surface area contributed by atoms with Crippen LogP contribution in [-0.4, -0.2) is 59.6 Å². The molecule has 2 aliphatic rings. The number of rotatable bonds is 30. The molecule has 2 aliphatic carbocycles. The minimum atomic E-state index is -0.466. The van der Waals surface area contributed by atoms with Gasteiger partial charge in [-0.2, -0.15) is 0 Å². The van der Waals surface area contributed by atoms with Crippen LogP contribution in [0.25, 0.3) is 0 Å². The lowest BCUT2D eigenvalue weighted by molar-refractivity contribution is -0.144. The number of halogens is 1. The highest BCUT2D eigenvalue weighted by Gasteiger charge is 2.42. The molecule has 0 saturated heterocycles. The number of carbonyl (C=O) groups is 2. The Balaban J connectivity index is 1.16. The van der Waals surface area contributed by atoms with Gasteiger partial charge in [-0.25, -0.2) is 4.79 Å². The first-order valence-electron chi connectivity index (χ1n) is 21.7. The van der Waals surface area contributed by atoms with E-state index >= 15 is 0 Å². The molecule has 54 heavy (non-hydrogen) atoms. The lowest BCUT2D eigenvalue weighted by Gasteiger charge is -2.45. The van der Waals surface area contributed by atoms with Gasteiger partial charge in [-0.3, -0.25) is 4.79 Å². The second kappa shape index (κ2) is 27.3. The molecule has 306 valence electrons. The summed E-state index contributed by atoms with van der Waals surface area (Å²) in [5, 5.41) is 21.3. The average molecular weight is 774 g/mol. The molecule has 0 bridgehead atoms. The smallest absolute Gasteiger partial charge is 0.338 e. The van der Waals surface area contributed by atoms with E-state index < -0.39 is 12.1 Å². The maximum absolute atomic E-state index is 12.4. The average Bonchev–Trinajstić information content (AvgIpc) is 3.42. The van der Waals surface area contributed by atoms with Gasteiger partial charge in [0.2, 0.25) is 0 Å². The fourth-order valence-electron chi connectivity index (χ4n) is 7.95. The van der Waals surface area contributed by atoms with E-state index in [9.17, 15) is 19.8 Å². The van der Waals surface area contributed by atoms with E-state index in [2.05, 4.69) is 32.1 Å². The fraction of sp³-hybridized carbons (Fsp3) is 0.739. The van der Waals surface area contributed by atoms with Crippen LogP contribution in [0.3, 0.4) is 0 Å². The zero-order valence-electron chi connectivity index (χ0n) is 33.7. The summed E-state index contributed by atoms with van der Waals surface area (Å²) < 4.78 is 16.5. The number of hydrogen-bond donors (Lipinski definition) is 2. The van der Waals surface area contributed by atoms with Crippen molar-refractivity contribution in [1.82, 2.24) is 0 Å². The van der Waals surface area contributed by atoms with E-state index in [1.165, 1.54) is 77.0 Å². The Morgan fingerprint density at radius 1 is 0.833 bits per heavy atom. The third-order valence-electron chi connectivity index (χ3n) is 11.8. The highest BCUT2D eigenvalue weighted by atomic mass is 35.5. The Labute approximate surface area is 332 Å².